The molecule has 0 radical (unpaired) electrons. The minimum atomic E-state index is -0.304. The van der Waals surface area contributed by atoms with Crippen LogP contribution in [0.4, 0.5) is 5.69 Å². The van der Waals surface area contributed by atoms with Gasteiger partial charge in [0.1, 0.15) is 10.3 Å². The van der Waals surface area contributed by atoms with E-state index in [-0.39, 0.29) is 11.8 Å². The van der Waals surface area contributed by atoms with Crippen molar-refractivity contribution in [2.75, 3.05) is 5.32 Å². The van der Waals surface area contributed by atoms with E-state index in [9.17, 15) is 9.59 Å². The minimum absolute atomic E-state index is 0.268. The van der Waals surface area contributed by atoms with Gasteiger partial charge in [-0.25, -0.2) is 0 Å². The Labute approximate surface area is 201 Å². The lowest BCUT2D eigenvalue weighted by Crippen LogP contribution is -2.20. The Hall–Kier alpha value is -3.36. The second-order valence-corrected chi connectivity index (χ2v) is 8.12. The molecular formula is C23H24Cl2N6O2. The van der Waals surface area contributed by atoms with Gasteiger partial charge < -0.3 is 10.6 Å². The molecule has 0 unspecified atom stereocenters. The van der Waals surface area contributed by atoms with E-state index in [1.54, 1.807) is 53.8 Å². The van der Waals surface area contributed by atoms with Crippen LogP contribution in [-0.2, 0) is 30.2 Å². The topological polar surface area (TPSA) is 93.8 Å². The van der Waals surface area contributed by atoms with Gasteiger partial charge in [0, 0.05) is 49.6 Å². The average Bonchev–Trinajstić information content (AvgIpc) is 3.16. The second-order valence-electron chi connectivity index (χ2n) is 7.40. The Balaban J connectivity index is 1.57. The first kappa shape index (κ1) is 24.3. The predicted octanol–water partition coefficient (Wildman–Crippen LogP) is 4.06. The smallest absolute Gasteiger partial charge is 0.248 e. The van der Waals surface area contributed by atoms with Crippen molar-refractivity contribution in [3.63, 3.8) is 0 Å². The number of nitrogens with zero attached hydrogens (tertiary/aromatic N) is 4. The molecule has 172 valence electrons. The highest BCUT2D eigenvalue weighted by atomic mass is 35.5. The molecule has 3 aromatic rings. The summed E-state index contributed by atoms with van der Waals surface area (Å²) in [5.74, 6) is -0.572. The van der Waals surface area contributed by atoms with Crippen molar-refractivity contribution in [3.8, 4) is 0 Å². The lowest BCUT2D eigenvalue weighted by molar-refractivity contribution is -0.116. The van der Waals surface area contributed by atoms with Gasteiger partial charge in [0.25, 0.3) is 0 Å². The number of benzene rings is 1. The van der Waals surface area contributed by atoms with E-state index in [1.807, 2.05) is 19.9 Å². The summed E-state index contributed by atoms with van der Waals surface area (Å²) in [5.41, 5.74) is 4.32. The normalized spacial score (nSPS) is 11.5. The molecule has 0 saturated carbocycles. The molecule has 0 fully saturated rings. The Morgan fingerprint density at radius 1 is 0.939 bits per heavy atom. The third kappa shape index (κ3) is 6.12. The Morgan fingerprint density at radius 2 is 1.48 bits per heavy atom. The van der Waals surface area contributed by atoms with Crippen molar-refractivity contribution in [3.05, 3.63) is 74.8 Å². The number of hydrogen-bond donors (Lipinski definition) is 2. The number of hydrogen-bond acceptors (Lipinski definition) is 4. The Bertz CT molecular complexity index is 1260. The van der Waals surface area contributed by atoms with Crippen molar-refractivity contribution in [2.24, 2.45) is 14.1 Å². The van der Waals surface area contributed by atoms with Gasteiger partial charge in [-0.05, 0) is 43.7 Å². The van der Waals surface area contributed by atoms with Gasteiger partial charge in [0.15, 0.2) is 0 Å². The first-order chi connectivity index (χ1) is 15.7. The van der Waals surface area contributed by atoms with E-state index in [0.717, 1.165) is 17.0 Å². The van der Waals surface area contributed by atoms with Gasteiger partial charge >= 0.3 is 0 Å². The number of rotatable bonds is 7. The van der Waals surface area contributed by atoms with Gasteiger partial charge in [0.05, 0.1) is 11.4 Å². The van der Waals surface area contributed by atoms with E-state index in [2.05, 4.69) is 20.8 Å². The molecule has 0 atom stereocenters. The monoisotopic (exact) mass is 486 g/mol. The van der Waals surface area contributed by atoms with Gasteiger partial charge in [-0.1, -0.05) is 35.3 Å². The van der Waals surface area contributed by atoms with E-state index < -0.39 is 0 Å². The maximum absolute atomic E-state index is 12.3. The van der Waals surface area contributed by atoms with E-state index >= 15 is 0 Å². The fourth-order valence-electron chi connectivity index (χ4n) is 3.18. The molecule has 0 spiro atoms. The first-order valence-corrected chi connectivity index (χ1v) is 10.8. The fourth-order valence-corrected chi connectivity index (χ4v) is 3.66. The van der Waals surface area contributed by atoms with Gasteiger partial charge in [-0.15, -0.1) is 0 Å². The molecule has 0 aliphatic carbocycles. The van der Waals surface area contributed by atoms with Crippen LogP contribution in [0, 0.1) is 13.8 Å². The summed E-state index contributed by atoms with van der Waals surface area (Å²) in [6.45, 7) is 3.95. The lowest BCUT2D eigenvalue weighted by atomic mass is 10.2. The number of nitrogens with one attached hydrogen (secondary N) is 2. The molecule has 2 heterocycles. The van der Waals surface area contributed by atoms with Crippen molar-refractivity contribution >= 4 is 52.9 Å². The van der Waals surface area contributed by atoms with Crippen LogP contribution in [-0.4, -0.2) is 31.4 Å². The van der Waals surface area contributed by atoms with Crippen molar-refractivity contribution in [1.29, 1.82) is 0 Å². The zero-order chi connectivity index (χ0) is 24.1. The van der Waals surface area contributed by atoms with Crippen LogP contribution in [0.1, 0.15) is 28.1 Å². The number of aromatic nitrogens is 4. The molecule has 10 heteroatoms. The largest absolute Gasteiger partial charge is 0.348 e. The molecule has 8 nitrogen and oxygen atoms in total. The van der Waals surface area contributed by atoms with Crippen LogP contribution in [0.5, 0.6) is 0 Å². The lowest BCUT2D eigenvalue weighted by Gasteiger charge is -2.07. The highest BCUT2D eigenvalue weighted by molar-refractivity contribution is 6.31. The standard InChI is InChI=1S/C23H24Cl2N6O2/c1-14-18(22(24)30(3)28-14)8-10-20(32)26-13-16-6-5-7-17(12-16)27-21(33)11-9-19-15(2)29-31(4)23(19)25/h5-12H,13H2,1-4H3,(H,26,32)(H,27,33)/b10-8-,11-9+. The molecule has 33 heavy (non-hydrogen) atoms. The summed E-state index contributed by atoms with van der Waals surface area (Å²) < 4.78 is 3.10. The van der Waals surface area contributed by atoms with Gasteiger partial charge in [-0.2, -0.15) is 10.2 Å². The van der Waals surface area contributed by atoms with Crippen LogP contribution < -0.4 is 10.6 Å². The summed E-state index contributed by atoms with van der Waals surface area (Å²) in [6, 6.07) is 7.22. The number of carbonyl (C=O) groups is 2. The van der Waals surface area contributed by atoms with Crippen molar-refractivity contribution in [2.45, 2.75) is 20.4 Å². The first-order valence-electron chi connectivity index (χ1n) is 10.1. The van der Waals surface area contributed by atoms with E-state index in [4.69, 9.17) is 23.2 Å². The van der Waals surface area contributed by atoms with Crippen LogP contribution in [0.15, 0.2) is 36.4 Å². The molecule has 2 amide bonds. The highest BCUT2D eigenvalue weighted by Gasteiger charge is 2.10. The number of carbonyl (C=O) groups excluding carboxylic acids is 2. The highest BCUT2D eigenvalue weighted by Crippen LogP contribution is 2.21. The molecule has 0 saturated heterocycles. The number of halogens is 2. The SMILES string of the molecule is Cc1nn(C)c(Cl)c1/C=C\C(=O)NCc1cccc(NC(=O)/C=C/c2c(C)nn(C)c2Cl)c1. The van der Waals surface area contributed by atoms with Crippen LogP contribution in [0.2, 0.25) is 10.3 Å². The maximum Gasteiger partial charge on any atom is 0.248 e. The van der Waals surface area contributed by atoms with Crippen LogP contribution >= 0.6 is 23.2 Å². The predicted molar refractivity (Wildman–Crippen MR) is 131 cm³/mol. The average molecular weight is 487 g/mol. The fraction of sp³-hybridized carbons (Fsp3) is 0.217. The molecular weight excluding hydrogens is 463 g/mol. The molecule has 2 aromatic heterocycles. The molecule has 3 rings (SSSR count). The molecule has 0 bridgehead atoms. The summed E-state index contributed by atoms with van der Waals surface area (Å²) in [7, 11) is 3.48. The quantitative estimate of drug-likeness (QED) is 0.492. The minimum Gasteiger partial charge on any atom is -0.348 e. The Morgan fingerprint density at radius 3 is 2.00 bits per heavy atom. The second kappa shape index (κ2) is 10.5. The third-order valence-corrected chi connectivity index (χ3v) is 5.75. The summed E-state index contributed by atoms with van der Waals surface area (Å²) >= 11 is 12.4. The zero-order valence-electron chi connectivity index (χ0n) is 18.7. The molecule has 0 aliphatic heterocycles. The Kier molecular flexibility index (Phi) is 7.73. The van der Waals surface area contributed by atoms with Gasteiger partial charge in [0.2, 0.25) is 11.8 Å². The number of anilines is 1. The molecule has 2 N–H and O–H groups in total. The van der Waals surface area contributed by atoms with Crippen LogP contribution in [0.3, 0.4) is 0 Å². The van der Waals surface area contributed by atoms with E-state index in [0.29, 0.717) is 33.7 Å². The number of amides is 2. The molecule has 0 aliphatic rings. The van der Waals surface area contributed by atoms with Crippen molar-refractivity contribution in [1.82, 2.24) is 24.9 Å². The van der Waals surface area contributed by atoms with Crippen molar-refractivity contribution < 1.29 is 9.59 Å². The summed E-state index contributed by atoms with van der Waals surface area (Å²) in [4.78, 5) is 24.5. The van der Waals surface area contributed by atoms with Crippen LogP contribution in [0.25, 0.3) is 12.2 Å². The maximum atomic E-state index is 12.3. The third-order valence-electron chi connectivity index (χ3n) is 4.86. The summed E-state index contributed by atoms with van der Waals surface area (Å²) in [6.07, 6.45) is 6.09. The summed E-state index contributed by atoms with van der Waals surface area (Å²) in [5, 5.41) is 15.0. The van der Waals surface area contributed by atoms with Gasteiger partial charge in [-0.3, -0.25) is 19.0 Å². The zero-order valence-corrected chi connectivity index (χ0v) is 20.2. The number of aryl methyl sites for hydroxylation is 4. The van der Waals surface area contributed by atoms with E-state index in [1.165, 1.54) is 12.2 Å². The molecule has 1 aromatic carbocycles.